The number of hydroxylamine groups is 1. The molecule has 0 spiro atoms. The summed E-state index contributed by atoms with van der Waals surface area (Å²) in [4.78, 5) is 25.5. The molecule has 1 heterocycles. The van der Waals surface area contributed by atoms with Crippen molar-refractivity contribution in [2.75, 3.05) is 5.75 Å². The number of nitrogens with one attached hydrogen (secondary N) is 1. The topological polar surface area (TPSA) is 97.1 Å². The molecule has 1 saturated carbocycles. The summed E-state index contributed by atoms with van der Waals surface area (Å²) < 4.78 is 1.35. The van der Waals surface area contributed by atoms with Crippen LogP contribution in [0.4, 0.5) is 0 Å². The summed E-state index contributed by atoms with van der Waals surface area (Å²) in [5.41, 5.74) is 5.66. The van der Waals surface area contributed by atoms with Crippen LogP contribution in [-0.2, 0) is 17.8 Å². The Labute approximate surface area is 223 Å². The Bertz CT molecular complexity index is 1440. The third-order valence-electron chi connectivity index (χ3n) is 7.03. The Hall–Kier alpha value is -3.20. The van der Waals surface area contributed by atoms with E-state index >= 15 is 0 Å². The lowest BCUT2D eigenvalue weighted by molar-refractivity contribution is -0.134. The number of benzene rings is 3. The summed E-state index contributed by atoms with van der Waals surface area (Å²) in [6, 6.07) is 23.4. The van der Waals surface area contributed by atoms with Gasteiger partial charge in [0, 0.05) is 10.3 Å². The zero-order valence-corrected chi connectivity index (χ0v) is 21.7. The minimum Gasteiger partial charge on any atom is -0.289 e. The molecule has 1 amide bonds. The Morgan fingerprint density at radius 3 is 2.46 bits per heavy atom. The van der Waals surface area contributed by atoms with Crippen molar-refractivity contribution in [1.29, 1.82) is 0 Å². The monoisotopic (exact) mass is 534 g/mol. The van der Waals surface area contributed by atoms with E-state index < -0.39 is 11.8 Å². The van der Waals surface area contributed by atoms with E-state index in [1.54, 1.807) is 30.0 Å². The van der Waals surface area contributed by atoms with E-state index in [1.165, 1.54) is 10.2 Å². The Morgan fingerprint density at radius 1 is 1.03 bits per heavy atom. The van der Waals surface area contributed by atoms with Crippen LogP contribution in [-0.4, -0.2) is 37.1 Å². The second-order valence-corrected chi connectivity index (χ2v) is 11.1. The van der Waals surface area contributed by atoms with Gasteiger partial charge in [0.05, 0.1) is 17.8 Å². The maximum Gasteiger partial charge on any atom is 0.277 e. The number of carbonyl (C=O) groups excluding carboxylic acids is 1. The van der Waals surface area contributed by atoms with E-state index in [0.29, 0.717) is 10.9 Å². The SMILES string of the molecule is O=C(NO)[C@@H]1[C@@H](Cn2nnc3ccccc3c2=O)CC[C@H]1SCCc1ccc(-c2ccc(Cl)cc2)cc1. The third kappa shape index (κ3) is 5.71. The molecule has 1 aliphatic carbocycles. The fourth-order valence-corrected chi connectivity index (χ4v) is 6.73. The second-order valence-electron chi connectivity index (χ2n) is 9.30. The minimum atomic E-state index is -0.414. The molecular formula is C28H27ClN4O3S. The third-order valence-corrected chi connectivity index (χ3v) is 8.68. The van der Waals surface area contributed by atoms with E-state index in [1.807, 2.05) is 35.8 Å². The summed E-state index contributed by atoms with van der Waals surface area (Å²) in [6.07, 6.45) is 2.47. The lowest BCUT2D eigenvalue weighted by Gasteiger charge is -2.23. The summed E-state index contributed by atoms with van der Waals surface area (Å²) >= 11 is 7.73. The first-order valence-electron chi connectivity index (χ1n) is 12.3. The first kappa shape index (κ1) is 25.4. The Balaban J connectivity index is 1.22. The molecule has 0 radical (unpaired) electrons. The van der Waals surface area contributed by atoms with Gasteiger partial charge in [0.1, 0.15) is 5.52 Å². The lowest BCUT2D eigenvalue weighted by atomic mass is 9.95. The van der Waals surface area contributed by atoms with Crippen LogP contribution in [0.2, 0.25) is 5.02 Å². The molecule has 5 rings (SSSR count). The summed E-state index contributed by atoms with van der Waals surface area (Å²) in [7, 11) is 0. The van der Waals surface area contributed by atoms with Crippen molar-refractivity contribution < 1.29 is 10.0 Å². The van der Waals surface area contributed by atoms with Gasteiger partial charge in [-0.2, -0.15) is 11.8 Å². The summed E-state index contributed by atoms with van der Waals surface area (Å²) in [5.74, 6) is -0.0872. The fourth-order valence-electron chi connectivity index (χ4n) is 5.09. The quantitative estimate of drug-likeness (QED) is 0.244. The van der Waals surface area contributed by atoms with E-state index in [4.69, 9.17) is 11.6 Å². The number of rotatable bonds is 8. The molecule has 0 saturated heterocycles. The molecule has 1 fully saturated rings. The number of carbonyl (C=O) groups is 1. The van der Waals surface area contributed by atoms with Crippen LogP contribution in [0.1, 0.15) is 18.4 Å². The first-order valence-corrected chi connectivity index (χ1v) is 13.7. The average molecular weight is 535 g/mol. The molecule has 4 aromatic rings. The molecule has 1 aliphatic rings. The van der Waals surface area contributed by atoms with Crippen LogP contribution >= 0.6 is 23.4 Å². The number of fused-ring (bicyclic) bond motifs is 1. The van der Waals surface area contributed by atoms with Gasteiger partial charge in [-0.1, -0.05) is 65.3 Å². The number of halogens is 1. The van der Waals surface area contributed by atoms with Crippen molar-refractivity contribution in [3.05, 3.63) is 93.7 Å². The Kier molecular flexibility index (Phi) is 7.88. The maximum atomic E-state index is 12.9. The van der Waals surface area contributed by atoms with Gasteiger partial charge in [-0.3, -0.25) is 14.8 Å². The van der Waals surface area contributed by atoms with Gasteiger partial charge < -0.3 is 0 Å². The van der Waals surface area contributed by atoms with E-state index in [2.05, 4.69) is 34.6 Å². The number of hydrogen-bond acceptors (Lipinski definition) is 6. The molecule has 3 aromatic carbocycles. The molecule has 3 atom stereocenters. The zero-order chi connectivity index (χ0) is 25.8. The first-order chi connectivity index (χ1) is 18.0. The smallest absolute Gasteiger partial charge is 0.277 e. The highest BCUT2D eigenvalue weighted by atomic mass is 35.5. The molecular weight excluding hydrogens is 508 g/mol. The average Bonchev–Trinajstić information content (AvgIpc) is 3.33. The molecule has 2 N–H and O–H groups in total. The highest BCUT2D eigenvalue weighted by Crippen LogP contribution is 2.40. The normalized spacial score (nSPS) is 19.2. The molecule has 0 unspecified atom stereocenters. The van der Waals surface area contributed by atoms with E-state index in [-0.39, 0.29) is 23.3 Å². The van der Waals surface area contributed by atoms with Crippen molar-refractivity contribution >= 4 is 40.2 Å². The van der Waals surface area contributed by atoms with Gasteiger partial charge in [0.15, 0.2) is 0 Å². The number of nitrogens with zero attached hydrogens (tertiary/aromatic N) is 3. The van der Waals surface area contributed by atoms with Gasteiger partial charge in [-0.05, 0) is 71.9 Å². The van der Waals surface area contributed by atoms with Crippen molar-refractivity contribution in [1.82, 2.24) is 20.5 Å². The molecule has 9 heteroatoms. The number of aromatic nitrogens is 3. The standard InChI is InChI=1S/C28H27ClN4O3S/c29-22-12-9-20(10-13-22)19-7-5-18(6-8-19)15-16-37-25-14-11-21(26(25)27(34)31-36)17-33-28(35)23-3-1-2-4-24(23)30-32-33/h1-10,12-13,21,25-26,36H,11,14-17H2,(H,31,34)/t21-,25-,26-/m1/s1. The van der Waals surface area contributed by atoms with Crippen molar-refractivity contribution in [2.45, 2.75) is 31.1 Å². The van der Waals surface area contributed by atoms with Gasteiger partial charge in [-0.15, -0.1) is 5.10 Å². The van der Waals surface area contributed by atoms with Crippen molar-refractivity contribution in [2.24, 2.45) is 11.8 Å². The van der Waals surface area contributed by atoms with E-state index in [0.717, 1.165) is 41.2 Å². The van der Waals surface area contributed by atoms with Gasteiger partial charge in [-0.25, -0.2) is 10.2 Å². The fraction of sp³-hybridized carbons (Fsp3) is 0.286. The minimum absolute atomic E-state index is 0.0506. The maximum absolute atomic E-state index is 12.9. The van der Waals surface area contributed by atoms with Crippen molar-refractivity contribution in [3.63, 3.8) is 0 Å². The highest BCUT2D eigenvalue weighted by Gasteiger charge is 2.41. The van der Waals surface area contributed by atoms with Gasteiger partial charge >= 0.3 is 0 Å². The predicted molar refractivity (Wildman–Crippen MR) is 147 cm³/mol. The number of aryl methyl sites for hydroxylation is 1. The number of amides is 1. The molecule has 37 heavy (non-hydrogen) atoms. The number of thioether (sulfide) groups is 1. The lowest BCUT2D eigenvalue weighted by Crippen LogP contribution is -2.38. The summed E-state index contributed by atoms with van der Waals surface area (Å²) in [6.45, 7) is 0.290. The zero-order valence-electron chi connectivity index (χ0n) is 20.1. The van der Waals surface area contributed by atoms with Crippen molar-refractivity contribution in [3.8, 4) is 11.1 Å². The van der Waals surface area contributed by atoms with Crippen LogP contribution in [0.15, 0.2) is 77.6 Å². The predicted octanol–water partition coefficient (Wildman–Crippen LogP) is 4.99. The van der Waals surface area contributed by atoms with Crippen LogP contribution < -0.4 is 11.0 Å². The van der Waals surface area contributed by atoms with Gasteiger partial charge in [0.2, 0.25) is 5.91 Å². The second kappa shape index (κ2) is 11.5. The Morgan fingerprint density at radius 2 is 1.73 bits per heavy atom. The molecule has 0 aliphatic heterocycles. The van der Waals surface area contributed by atoms with Gasteiger partial charge in [0.25, 0.3) is 5.56 Å². The highest BCUT2D eigenvalue weighted by molar-refractivity contribution is 7.99. The van der Waals surface area contributed by atoms with Crippen LogP contribution in [0.25, 0.3) is 22.0 Å². The summed E-state index contributed by atoms with van der Waals surface area (Å²) in [5, 5.41) is 18.9. The molecule has 7 nitrogen and oxygen atoms in total. The van der Waals surface area contributed by atoms with E-state index in [9.17, 15) is 14.8 Å². The van der Waals surface area contributed by atoms with Crippen LogP contribution in [0, 0.1) is 11.8 Å². The molecule has 0 bridgehead atoms. The van der Waals surface area contributed by atoms with Crippen LogP contribution in [0.3, 0.4) is 0 Å². The number of hydrogen-bond donors (Lipinski definition) is 2. The molecule has 1 aromatic heterocycles. The van der Waals surface area contributed by atoms with Crippen LogP contribution in [0.5, 0.6) is 0 Å². The molecule has 190 valence electrons. The largest absolute Gasteiger partial charge is 0.289 e.